The molecule has 1 fully saturated rings. The normalized spacial score (nSPS) is 24.0. The summed E-state index contributed by atoms with van der Waals surface area (Å²) in [6.07, 6.45) is 1.04. The van der Waals surface area contributed by atoms with Crippen LogP contribution in [0.2, 0.25) is 5.02 Å². The third kappa shape index (κ3) is 2.57. The molecule has 1 aliphatic rings. The van der Waals surface area contributed by atoms with Gasteiger partial charge in [0.2, 0.25) is 0 Å². The fourth-order valence-corrected chi connectivity index (χ4v) is 2.26. The van der Waals surface area contributed by atoms with Gasteiger partial charge in [0.05, 0.1) is 17.2 Å². The van der Waals surface area contributed by atoms with Crippen molar-refractivity contribution in [3.63, 3.8) is 0 Å². The average Bonchev–Trinajstić information content (AvgIpc) is 2.36. The molecular formula is C14H16ClFO2. The summed E-state index contributed by atoms with van der Waals surface area (Å²) in [6, 6.07) is 3.14. The number of aryl methyl sites for hydroxylation is 1. The summed E-state index contributed by atoms with van der Waals surface area (Å²) in [5.41, 5.74) is 0.661. The second kappa shape index (κ2) is 5.37. The van der Waals surface area contributed by atoms with Gasteiger partial charge in [0.15, 0.2) is 11.6 Å². The van der Waals surface area contributed by atoms with E-state index in [1.807, 2.05) is 0 Å². The van der Waals surface area contributed by atoms with Crippen LogP contribution in [0.5, 0.6) is 0 Å². The Bertz CT molecular complexity index is 465. The minimum absolute atomic E-state index is 0.0185. The molecule has 0 spiro atoms. The summed E-state index contributed by atoms with van der Waals surface area (Å²) >= 11 is 5.82. The number of carbonyl (C=O) groups is 1. The highest BCUT2D eigenvalue weighted by Gasteiger charge is 2.28. The first kappa shape index (κ1) is 13.5. The second-order valence-electron chi connectivity index (χ2n) is 4.93. The fraction of sp³-hybridized carbons (Fsp3) is 0.500. The number of ether oxygens (including phenoxy) is 1. The summed E-state index contributed by atoms with van der Waals surface area (Å²) < 4.78 is 19.4. The Morgan fingerprint density at radius 2 is 2.17 bits per heavy atom. The van der Waals surface area contributed by atoms with Crippen molar-refractivity contribution in [3.8, 4) is 0 Å². The lowest BCUT2D eigenvalue weighted by molar-refractivity contribution is -0.00175. The van der Waals surface area contributed by atoms with Gasteiger partial charge in [-0.2, -0.15) is 0 Å². The molecule has 1 aromatic carbocycles. The van der Waals surface area contributed by atoms with E-state index in [2.05, 4.69) is 6.92 Å². The summed E-state index contributed by atoms with van der Waals surface area (Å²) in [6.45, 7) is 4.33. The van der Waals surface area contributed by atoms with Gasteiger partial charge < -0.3 is 4.74 Å². The van der Waals surface area contributed by atoms with Crippen LogP contribution in [0.4, 0.5) is 4.39 Å². The van der Waals surface area contributed by atoms with Gasteiger partial charge in [-0.05, 0) is 37.3 Å². The molecule has 0 amide bonds. The number of hydrogen-bond acceptors (Lipinski definition) is 2. The van der Waals surface area contributed by atoms with Crippen molar-refractivity contribution in [2.75, 3.05) is 6.61 Å². The minimum Gasteiger partial charge on any atom is -0.370 e. The van der Waals surface area contributed by atoms with Gasteiger partial charge in [-0.25, -0.2) is 4.39 Å². The standard InChI is InChI=1S/C14H16ClFO2/c1-8-3-6-11(18-7-8)14(17)10-5-4-9(2)12(15)13(10)16/h4-5,8,11H,3,6-7H2,1-2H3/t8?,11-/m0/s1. The third-order valence-corrected chi connectivity index (χ3v) is 3.80. The first-order valence-corrected chi connectivity index (χ1v) is 6.49. The number of benzene rings is 1. The van der Waals surface area contributed by atoms with E-state index in [9.17, 15) is 9.18 Å². The van der Waals surface area contributed by atoms with E-state index in [1.54, 1.807) is 13.0 Å². The molecule has 18 heavy (non-hydrogen) atoms. The quantitative estimate of drug-likeness (QED) is 0.765. The van der Waals surface area contributed by atoms with E-state index in [0.717, 1.165) is 6.42 Å². The van der Waals surface area contributed by atoms with E-state index >= 15 is 0 Å². The molecule has 2 nitrogen and oxygen atoms in total. The van der Waals surface area contributed by atoms with Gasteiger partial charge in [0, 0.05) is 0 Å². The number of rotatable bonds is 2. The summed E-state index contributed by atoms with van der Waals surface area (Å²) in [4.78, 5) is 12.2. The van der Waals surface area contributed by atoms with Crippen LogP contribution in [0.25, 0.3) is 0 Å². The van der Waals surface area contributed by atoms with E-state index in [1.165, 1.54) is 6.07 Å². The third-order valence-electron chi connectivity index (χ3n) is 3.34. The van der Waals surface area contributed by atoms with Crippen molar-refractivity contribution >= 4 is 17.4 Å². The lowest BCUT2D eigenvalue weighted by atomic mass is 9.94. The number of halogens is 2. The van der Waals surface area contributed by atoms with Gasteiger partial charge in [-0.1, -0.05) is 24.6 Å². The zero-order chi connectivity index (χ0) is 13.3. The van der Waals surface area contributed by atoms with Crippen LogP contribution in [0.15, 0.2) is 12.1 Å². The smallest absolute Gasteiger partial charge is 0.194 e. The molecule has 1 aliphatic heterocycles. The van der Waals surface area contributed by atoms with E-state index in [4.69, 9.17) is 16.3 Å². The Morgan fingerprint density at radius 1 is 1.44 bits per heavy atom. The zero-order valence-electron chi connectivity index (χ0n) is 10.5. The van der Waals surface area contributed by atoms with E-state index < -0.39 is 11.9 Å². The Hall–Kier alpha value is -0.930. The molecule has 0 N–H and O–H groups in total. The second-order valence-corrected chi connectivity index (χ2v) is 5.30. The van der Waals surface area contributed by atoms with Crippen molar-refractivity contribution in [2.24, 2.45) is 5.92 Å². The maximum Gasteiger partial charge on any atom is 0.194 e. The predicted molar refractivity (Wildman–Crippen MR) is 68.6 cm³/mol. The Kier molecular flexibility index (Phi) is 4.03. The van der Waals surface area contributed by atoms with Crippen molar-refractivity contribution in [3.05, 3.63) is 34.1 Å². The molecular weight excluding hydrogens is 255 g/mol. The van der Waals surface area contributed by atoms with Crippen LogP contribution in [0.1, 0.15) is 35.7 Å². The largest absolute Gasteiger partial charge is 0.370 e. The number of hydrogen-bond donors (Lipinski definition) is 0. The number of Topliss-reactive ketones (excluding diaryl/α,β-unsaturated/α-hetero) is 1. The Labute approximate surface area is 111 Å². The maximum atomic E-state index is 13.9. The lowest BCUT2D eigenvalue weighted by Gasteiger charge is -2.26. The highest BCUT2D eigenvalue weighted by molar-refractivity contribution is 6.32. The number of ketones is 1. The van der Waals surface area contributed by atoms with Gasteiger partial charge >= 0.3 is 0 Å². The molecule has 98 valence electrons. The molecule has 0 saturated carbocycles. The Morgan fingerprint density at radius 3 is 2.78 bits per heavy atom. The molecule has 2 atom stereocenters. The fourth-order valence-electron chi connectivity index (χ4n) is 2.10. The van der Waals surface area contributed by atoms with Crippen LogP contribution in [0, 0.1) is 18.7 Å². The molecule has 1 aromatic rings. The molecule has 0 aliphatic carbocycles. The molecule has 0 radical (unpaired) electrons. The lowest BCUT2D eigenvalue weighted by Crippen LogP contribution is -2.32. The summed E-state index contributed by atoms with van der Waals surface area (Å²) in [5, 5.41) is 0.0185. The van der Waals surface area contributed by atoms with Crippen molar-refractivity contribution in [1.82, 2.24) is 0 Å². The molecule has 4 heteroatoms. The van der Waals surface area contributed by atoms with Gasteiger partial charge in [0.25, 0.3) is 0 Å². The Balaban J connectivity index is 2.21. The zero-order valence-corrected chi connectivity index (χ0v) is 11.3. The van der Waals surface area contributed by atoms with E-state index in [-0.39, 0.29) is 16.4 Å². The van der Waals surface area contributed by atoms with Crippen LogP contribution < -0.4 is 0 Å². The monoisotopic (exact) mass is 270 g/mol. The average molecular weight is 271 g/mol. The summed E-state index contributed by atoms with van der Waals surface area (Å²) in [7, 11) is 0. The van der Waals surface area contributed by atoms with Crippen molar-refractivity contribution < 1.29 is 13.9 Å². The SMILES string of the molecule is Cc1ccc(C(=O)[C@@H]2CCC(C)CO2)c(F)c1Cl. The first-order chi connectivity index (χ1) is 8.50. The molecule has 1 saturated heterocycles. The number of carbonyl (C=O) groups excluding carboxylic acids is 1. The molecule has 1 unspecified atom stereocenters. The van der Waals surface area contributed by atoms with Crippen LogP contribution in [0.3, 0.4) is 0 Å². The van der Waals surface area contributed by atoms with Crippen LogP contribution in [-0.2, 0) is 4.74 Å². The van der Waals surface area contributed by atoms with Crippen LogP contribution >= 0.6 is 11.6 Å². The topological polar surface area (TPSA) is 26.3 Å². The molecule has 0 aromatic heterocycles. The van der Waals surface area contributed by atoms with Crippen molar-refractivity contribution in [1.29, 1.82) is 0 Å². The van der Waals surface area contributed by atoms with Gasteiger partial charge in [-0.3, -0.25) is 4.79 Å². The van der Waals surface area contributed by atoms with Gasteiger partial charge in [-0.15, -0.1) is 0 Å². The van der Waals surface area contributed by atoms with Crippen LogP contribution in [-0.4, -0.2) is 18.5 Å². The highest BCUT2D eigenvalue weighted by Crippen LogP contribution is 2.26. The predicted octanol–water partition coefficient (Wildman–Crippen LogP) is 3.79. The molecule has 1 heterocycles. The van der Waals surface area contributed by atoms with Gasteiger partial charge in [0.1, 0.15) is 6.10 Å². The van der Waals surface area contributed by atoms with Crippen molar-refractivity contribution in [2.45, 2.75) is 32.8 Å². The highest BCUT2D eigenvalue weighted by atomic mass is 35.5. The first-order valence-electron chi connectivity index (χ1n) is 6.11. The minimum atomic E-state index is -0.635. The molecule has 0 bridgehead atoms. The molecule has 2 rings (SSSR count). The van der Waals surface area contributed by atoms with E-state index in [0.29, 0.717) is 24.5 Å². The maximum absolute atomic E-state index is 13.9. The summed E-state index contributed by atoms with van der Waals surface area (Å²) in [5.74, 6) is -0.481.